The molecule has 1 aromatic carbocycles. The average molecular weight is 354 g/mol. The van der Waals surface area contributed by atoms with E-state index in [4.69, 9.17) is 20.4 Å². The van der Waals surface area contributed by atoms with Gasteiger partial charge in [0.1, 0.15) is 11.5 Å². The topological polar surface area (TPSA) is 115 Å². The molecule has 1 aromatic rings. The van der Waals surface area contributed by atoms with Crippen LogP contribution in [0.5, 0.6) is 11.5 Å². The number of phenols is 2. The van der Waals surface area contributed by atoms with E-state index in [1.807, 2.05) is 0 Å². The smallest absolute Gasteiger partial charge is 0.303 e. The molecular weight excluding hydrogens is 324 g/mol. The van der Waals surface area contributed by atoms with E-state index >= 15 is 0 Å². The second kappa shape index (κ2) is 15.3. The van der Waals surface area contributed by atoms with Crippen molar-refractivity contribution < 1.29 is 30.0 Å². The summed E-state index contributed by atoms with van der Waals surface area (Å²) >= 11 is 0. The van der Waals surface area contributed by atoms with E-state index in [1.54, 1.807) is 6.07 Å². The maximum Gasteiger partial charge on any atom is 0.303 e. The van der Waals surface area contributed by atoms with Gasteiger partial charge in [-0.2, -0.15) is 0 Å². The van der Waals surface area contributed by atoms with Gasteiger partial charge in [-0.25, -0.2) is 0 Å². The minimum Gasteiger partial charge on any atom is -0.508 e. The van der Waals surface area contributed by atoms with E-state index in [0.717, 1.165) is 38.5 Å². The standard InChI is InChI=1S/C13H24O4.C6H6O2/c14-12(15)10-8-6-4-2-1-3-5-7-9-11-13(16)17;7-5-2-1-3-6(8)4-5/h1-11H2,(H,14,15)(H,16,17);1-4,7-8H. The van der Waals surface area contributed by atoms with Crippen LogP contribution in [0.15, 0.2) is 24.3 Å². The lowest BCUT2D eigenvalue weighted by molar-refractivity contribution is -0.138. The first-order valence-corrected chi connectivity index (χ1v) is 8.83. The summed E-state index contributed by atoms with van der Waals surface area (Å²) in [6.45, 7) is 0. The first-order valence-electron chi connectivity index (χ1n) is 8.83. The summed E-state index contributed by atoms with van der Waals surface area (Å²) in [4.78, 5) is 20.5. The van der Waals surface area contributed by atoms with Crippen molar-refractivity contribution in [2.75, 3.05) is 0 Å². The number of hydrogen-bond acceptors (Lipinski definition) is 4. The highest BCUT2D eigenvalue weighted by Gasteiger charge is 1.98. The normalized spacial score (nSPS) is 9.92. The Bertz CT molecular complexity index is 447. The van der Waals surface area contributed by atoms with Gasteiger partial charge in [-0.15, -0.1) is 0 Å². The molecule has 4 N–H and O–H groups in total. The molecule has 0 aromatic heterocycles. The first kappa shape index (κ1) is 22.8. The van der Waals surface area contributed by atoms with E-state index in [2.05, 4.69) is 0 Å². The fourth-order valence-electron chi connectivity index (χ4n) is 2.28. The van der Waals surface area contributed by atoms with Crippen LogP contribution in [0.4, 0.5) is 0 Å². The van der Waals surface area contributed by atoms with Gasteiger partial charge in [0.25, 0.3) is 0 Å². The number of carboxylic acids is 2. The summed E-state index contributed by atoms with van der Waals surface area (Å²) in [7, 11) is 0. The van der Waals surface area contributed by atoms with Crippen LogP contribution in [0, 0.1) is 0 Å². The Balaban J connectivity index is 0.000000593. The minimum atomic E-state index is -0.705. The number of carboxylic acid groups (broad SMARTS) is 2. The largest absolute Gasteiger partial charge is 0.508 e. The Kier molecular flexibility index (Phi) is 13.9. The van der Waals surface area contributed by atoms with Crippen LogP contribution in [0.2, 0.25) is 0 Å². The summed E-state index contributed by atoms with van der Waals surface area (Å²) in [6, 6.07) is 5.85. The molecule has 0 bridgehead atoms. The van der Waals surface area contributed by atoms with E-state index < -0.39 is 11.9 Å². The summed E-state index contributed by atoms with van der Waals surface area (Å²) in [5.41, 5.74) is 0. The second-order valence-electron chi connectivity index (χ2n) is 5.99. The van der Waals surface area contributed by atoms with Crippen molar-refractivity contribution in [2.45, 2.75) is 70.6 Å². The Labute approximate surface area is 149 Å². The first-order chi connectivity index (χ1) is 11.9. The molecular formula is C19H30O6. The van der Waals surface area contributed by atoms with Crippen molar-refractivity contribution in [1.29, 1.82) is 0 Å². The molecule has 0 aliphatic heterocycles. The summed E-state index contributed by atoms with van der Waals surface area (Å²) in [5, 5.41) is 34.2. The number of unbranched alkanes of at least 4 members (excludes halogenated alkanes) is 8. The molecule has 0 saturated carbocycles. The molecule has 0 spiro atoms. The number of phenolic OH excluding ortho intramolecular Hbond substituents is 2. The number of aliphatic carboxylic acids is 2. The quantitative estimate of drug-likeness (QED) is 0.409. The molecule has 0 atom stereocenters. The van der Waals surface area contributed by atoms with Crippen LogP contribution in [-0.2, 0) is 9.59 Å². The highest BCUT2D eigenvalue weighted by Crippen LogP contribution is 2.15. The highest BCUT2D eigenvalue weighted by atomic mass is 16.4. The molecule has 0 aliphatic carbocycles. The molecule has 1 rings (SSSR count). The Morgan fingerprint density at radius 2 is 0.960 bits per heavy atom. The van der Waals surface area contributed by atoms with E-state index in [-0.39, 0.29) is 24.3 Å². The van der Waals surface area contributed by atoms with Crippen molar-refractivity contribution in [3.05, 3.63) is 24.3 Å². The molecule has 0 fully saturated rings. The van der Waals surface area contributed by atoms with Gasteiger partial charge in [0.2, 0.25) is 0 Å². The fourth-order valence-corrected chi connectivity index (χ4v) is 2.28. The van der Waals surface area contributed by atoms with Crippen LogP contribution >= 0.6 is 0 Å². The minimum absolute atomic E-state index is 0.0880. The monoisotopic (exact) mass is 354 g/mol. The predicted octanol–water partition coefficient (Wildman–Crippen LogP) is 4.54. The van der Waals surface area contributed by atoms with Crippen molar-refractivity contribution in [2.24, 2.45) is 0 Å². The molecule has 0 saturated heterocycles. The molecule has 142 valence electrons. The lowest BCUT2D eigenvalue weighted by atomic mass is 10.1. The average Bonchev–Trinajstić information content (AvgIpc) is 2.52. The third-order valence-corrected chi connectivity index (χ3v) is 3.61. The van der Waals surface area contributed by atoms with Crippen molar-refractivity contribution in [3.8, 4) is 11.5 Å². The van der Waals surface area contributed by atoms with Gasteiger partial charge < -0.3 is 20.4 Å². The third-order valence-electron chi connectivity index (χ3n) is 3.61. The van der Waals surface area contributed by atoms with Gasteiger partial charge >= 0.3 is 11.9 Å². The molecule has 0 unspecified atom stereocenters. The van der Waals surface area contributed by atoms with Crippen LogP contribution in [0.25, 0.3) is 0 Å². The Morgan fingerprint density at radius 3 is 1.20 bits per heavy atom. The number of benzene rings is 1. The zero-order chi connectivity index (χ0) is 18.9. The molecule has 6 nitrogen and oxygen atoms in total. The molecule has 0 amide bonds. The van der Waals surface area contributed by atoms with E-state index in [9.17, 15) is 9.59 Å². The molecule has 0 radical (unpaired) electrons. The molecule has 6 heteroatoms. The summed E-state index contributed by atoms with van der Waals surface area (Å²) in [6.07, 6.45) is 9.89. The van der Waals surface area contributed by atoms with Crippen molar-refractivity contribution in [3.63, 3.8) is 0 Å². The van der Waals surface area contributed by atoms with Gasteiger partial charge in [0.15, 0.2) is 0 Å². The van der Waals surface area contributed by atoms with Crippen LogP contribution in [-0.4, -0.2) is 32.4 Å². The molecule has 0 aliphatic rings. The Hall–Kier alpha value is -2.24. The zero-order valence-corrected chi connectivity index (χ0v) is 14.7. The lowest BCUT2D eigenvalue weighted by Gasteiger charge is -2.01. The van der Waals surface area contributed by atoms with Crippen molar-refractivity contribution >= 4 is 11.9 Å². The molecule has 25 heavy (non-hydrogen) atoms. The maximum atomic E-state index is 10.2. The van der Waals surface area contributed by atoms with Crippen LogP contribution < -0.4 is 0 Å². The SMILES string of the molecule is O=C(O)CCCCCCCCCCCC(=O)O.Oc1cccc(O)c1. The number of hydrogen-bond donors (Lipinski definition) is 4. The van der Waals surface area contributed by atoms with E-state index in [0.29, 0.717) is 0 Å². The number of aromatic hydroxyl groups is 2. The van der Waals surface area contributed by atoms with Gasteiger partial charge in [-0.1, -0.05) is 51.0 Å². The maximum absolute atomic E-state index is 10.2. The lowest BCUT2D eigenvalue weighted by Crippen LogP contribution is -1.94. The molecule has 0 heterocycles. The van der Waals surface area contributed by atoms with Gasteiger partial charge in [0.05, 0.1) is 0 Å². The number of carbonyl (C=O) groups is 2. The summed E-state index contributed by atoms with van der Waals surface area (Å²) < 4.78 is 0. The van der Waals surface area contributed by atoms with Crippen LogP contribution in [0.3, 0.4) is 0 Å². The predicted molar refractivity (Wildman–Crippen MR) is 95.8 cm³/mol. The third kappa shape index (κ3) is 17.9. The van der Waals surface area contributed by atoms with Gasteiger partial charge in [-0.05, 0) is 25.0 Å². The Morgan fingerprint density at radius 1 is 0.640 bits per heavy atom. The summed E-state index contributed by atoms with van der Waals surface area (Å²) in [5.74, 6) is -1.23. The van der Waals surface area contributed by atoms with Crippen LogP contribution in [0.1, 0.15) is 70.6 Å². The van der Waals surface area contributed by atoms with E-state index in [1.165, 1.54) is 37.5 Å². The van der Waals surface area contributed by atoms with Gasteiger partial charge in [-0.3, -0.25) is 9.59 Å². The fraction of sp³-hybridized carbons (Fsp3) is 0.579. The zero-order valence-electron chi connectivity index (χ0n) is 14.7. The van der Waals surface area contributed by atoms with Gasteiger partial charge in [0, 0.05) is 18.9 Å². The van der Waals surface area contributed by atoms with Crippen molar-refractivity contribution in [1.82, 2.24) is 0 Å². The highest BCUT2D eigenvalue weighted by molar-refractivity contribution is 5.66. The second-order valence-corrected chi connectivity index (χ2v) is 5.99. The number of rotatable bonds is 12.